The Bertz CT molecular complexity index is 792. The minimum atomic E-state index is -4.29. The molecule has 9 heteroatoms. The zero-order valence-electron chi connectivity index (χ0n) is 11.6. The van der Waals surface area contributed by atoms with Gasteiger partial charge in [-0.25, -0.2) is 4.98 Å². The van der Waals surface area contributed by atoms with Crippen LogP contribution < -0.4 is 0 Å². The van der Waals surface area contributed by atoms with Gasteiger partial charge in [-0.3, -0.25) is 4.57 Å². The second kappa shape index (κ2) is 5.64. The number of aromatic nitrogens is 5. The highest BCUT2D eigenvalue weighted by atomic mass is 32.2. The lowest BCUT2D eigenvalue weighted by atomic mass is 10.3. The molecule has 3 rings (SSSR count). The minimum absolute atomic E-state index is 0.227. The van der Waals surface area contributed by atoms with E-state index in [0.29, 0.717) is 5.75 Å². The van der Waals surface area contributed by atoms with Gasteiger partial charge in [0.1, 0.15) is 18.5 Å². The molecule has 0 unspecified atom stereocenters. The number of halogens is 3. The molecule has 0 saturated heterocycles. The fraction of sp³-hybridized carbons (Fsp3) is 0.308. The largest absolute Gasteiger partial charge is 0.406 e. The standard InChI is InChI=1S/C13H12F3N5S/c1-9-2-3-11-18-10(5-20(11)4-9)6-22-12-19-17-8-21(12)7-13(14,15)16/h2-5,8H,6-7H2,1H3. The maximum Gasteiger partial charge on any atom is 0.406 e. The van der Waals surface area contributed by atoms with Gasteiger partial charge in [0.2, 0.25) is 0 Å². The van der Waals surface area contributed by atoms with E-state index in [0.717, 1.165) is 27.8 Å². The number of hydrogen-bond donors (Lipinski definition) is 0. The number of pyridine rings is 1. The first-order chi connectivity index (χ1) is 10.4. The Kier molecular flexibility index (Phi) is 3.81. The number of nitrogens with zero attached hydrogens (tertiary/aromatic N) is 5. The fourth-order valence-corrected chi connectivity index (χ4v) is 2.82. The minimum Gasteiger partial charge on any atom is -0.307 e. The summed E-state index contributed by atoms with van der Waals surface area (Å²) in [7, 11) is 0. The molecule has 3 aromatic heterocycles. The van der Waals surface area contributed by atoms with Gasteiger partial charge in [0, 0.05) is 18.1 Å². The third kappa shape index (κ3) is 3.41. The van der Waals surface area contributed by atoms with E-state index < -0.39 is 12.7 Å². The highest BCUT2D eigenvalue weighted by Crippen LogP contribution is 2.24. The van der Waals surface area contributed by atoms with E-state index in [1.54, 1.807) is 0 Å². The lowest BCUT2D eigenvalue weighted by molar-refractivity contribution is -0.142. The smallest absolute Gasteiger partial charge is 0.307 e. The molecule has 0 spiro atoms. The first-order valence-corrected chi connectivity index (χ1v) is 7.41. The SMILES string of the molecule is Cc1ccc2nc(CSc3nncn3CC(F)(F)F)cn2c1. The summed E-state index contributed by atoms with van der Waals surface area (Å²) in [4.78, 5) is 4.42. The van der Waals surface area contributed by atoms with Crippen molar-refractivity contribution in [1.82, 2.24) is 24.1 Å². The molecule has 5 nitrogen and oxygen atoms in total. The van der Waals surface area contributed by atoms with Crippen LogP contribution >= 0.6 is 11.8 Å². The summed E-state index contributed by atoms with van der Waals surface area (Å²) >= 11 is 1.18. The zero-order valence-corrected chi connectivity index (χ0v) is 12.4. The van der Waals surface area contributed by atoms with Crippen molar-refractivity contribution >= 4 is 17.4 Å². The normalized spacial score (nSPS) is 12.2. The molecule has 0 amide bonds. The highest BCUT2D eigenvalue weighted by molar-refractivity contribution is 7.98. The summed E-state index contributed by atoms with van der Waals surface area (Å²) in [6, 6.07) is 3.86. The van der Waals surface area contributed by atoms with Gasteiger partial charge < -0.3 is 4.40 Å². The van der Waals surface area contributed by atoms with Crippen LogP contribution in [0, 0.1) is 6.92 Å². The molecule has 3 heterocycles. The van der Waals surface area contributed by atoms with Gasteiger partial charge in [-0.15, -0.1) is 10.2 Å². The molecular formula is C13H12F3N5S. The molecule has 0 bridgehead atoms. The maximum atomic E-state index is 12.4. The Labute approximate surface area is 128 Å². The first kappa shape index (κ1) is 14.9. The van der Waals surface area contributed by atoms with E-state index >= 15 is 0 Å². The van der Waals surface area contributed by atoms with Gasteiger partial charge in [0.25, 0.3) is 0 Å². The first-order valence-electron chi connectivity index (χ1n) is 6.42. The van der Waals surface area contributed by atoms with Crippen molar-refractivity contribution in [2.75, 3.05) is 0 Å². The fourth-order valence-electron chi connectivity index (χ4n) is 2.02. The van der Waals surface area contributed by atoms with E-state index in [9.17, 15) is 13.2 Å². The number of rotatable bonds is 4. The van der Waals surface area contributed by atoms with Crippen LogP contribution in [0.2, 0.25) is 0 Å². The predicted octanol–water partition coefficient (Wildman–Crippen LogP) is 3.09. The molecule has 0 aliphatic heterocycles. The van der Waals surface area contributed by atoms with Gasteiger partial charge in [0.15, 0.2) is 5.16 Å². The van der Waals surface area contributed by atoms with E-state index in [1.807, 2.05) is 35.9 Å². The second-order valence-electron chi connectivity index (χ2n) is 4.85. The average Bonchev–Trinajstić information content (AvgIpc) is 3.00. The van der Waals surface area contributed by atoms with Crippen molar-refractivity contribution in [3.8, 4) is 0 Å². The summed E-state index contributed by atoms with van der Waals surface area (Å²) in [6.07, 6.45) is 0.601. The Balaban J connectivity index is 1.73. The van der Waals surface area contributed by atoms with Crippen LogP contribution in [0.1, 0.15) is 11.3 Å². The lowest BCUT2D eigenvalue weighted by Gasteiger charge is -2.08. The summed E-state index contributed by atoms with van der Waals surface area (Å²) in [5.41, 5.74) is 2.68. The van der Waals surface area contributed by atoms with Crippen LogP contribution in [-0.2, 0) is 12.3 Å². The molecule has 22 heavy (non-hydrogen) atoms. The molecular weight excluding hydrogens is 315 g/mol. The Morgan fingerprint density at radius 1 is 1.23 bits per heavy atom. The van der Waals surface area contributed by atoms with E-state index in [2.05, 4.69) is 15.2 Å². The number of alkyl halides is 3. The third-order valence-corrected chi connectivity index (χ3v) is 3.94. The summed E-state index contributed by atoms with van der Waals surface area (Å²) in [5, 5.41) is 7.49. The van der Waals surface area contributed by atoms with Crippen LogP contribution in [0.5, 0.6) is 0 Å². The van der Waals surface area contributed by atoms with Crippen molar-refractivity contribution in [3.63, 3.8) is 0 Å². The topological polar surface area (TPSA) is 48.0 Å². The van der Waals surface area contributed by atoms with Crippen LogP contribution in [-0.4, -0.2) is 30.3 Å². The molecule has 0 N–H and O–H groups in total. The van der Waals surface area contributed by atoms with Gasteiger partial charge in [-0.05, 0) is 18.6 Å². The summed E-state index contributed by atoms with van der Waals surface area (Å²) in [5.74, 6) is 0.428. The second-order valence-corrected chi connectivity index (χ2v) is 5.79. The quantitative estimate of drug-likeness (QED) is 0.691. The molecule has 0 atom stereocenters. The summed E-state index contributed by atoms with van der Waals surface area (Å²) in [6.45, 7) is 0.889. The third-order valence-electron chi connectivity index (χ3n) is 2.93. The Morgan fingerprint density at radius 2 is 2.05 bits per heavy atom. The molecule has 0 fully saturated rings. The van der Waals surface area contributed by atoms with Gasteiger partial charge in [-0.1, -0.05) is 17.8 Å². The Hall–Kier alpha value is -2.03. The van der Waals surface area contributed by atoms with Crippen LogP contribution in [0.25, 0.3) is 5.65 Å². The maximum absolute atomic E-state index is 12.4. The van der Waals surface area contributed by atoms with Crippen molar-refractivity contribution < 1.29 is 13.2 Å². The van der Waals surface area contributed by atoms with Gasteiger partial charge in [-0.2, -0.15) is 13.2 Å². The van der Waals surface area contributed by atoms with Crippen LogP contribution in [0.4, 0.5) is 13.2 Å². The van der Waals surface area contributed by atoms with E-state index in [-0.39, 0.29) is 5.16 Å². The average molecular weight is 327 g/mol. The number of fused-ring (bicyclic) bond motifs is 1. The number of thioether (sulfide) groups is 1. The van der Waals surface area contributed by atoms with Crippen molar-refractivity contribution in [3.05, 3.63) is 42.1 Å². The lowest BCUT2D eigenvalue weighted by Crippen LogP contribution is -2.17. The van der Waals surface area contributed by atoms with Gasteiger partial charge in [0.05, 0.1) is 5.69 Å². The van der Waals surface area contributed by atoms with Crippen molar-refractivity contribution in [2.24, 2.45) is 0 Å². The number of hydrogen-bond acceptors (Lipinski definition) is 4. The molecule has 3 aromatic rings. The number of imidazole rings is 1. The Morgan fingerprint density at radius 3 is 2.82 bits per heavy atom. The molecule has 0 radical (unpaired) electrons. The monoisotopic (exact) mass is 327 g/mol. The molecule has 0 aromatic carbocycles. The van der Waals surface area contributed by atoms with Crippen LogP contribution in [0.3, 0.4) is 0 Å². The van der Waals surface area contributed by atoms with Crippen LogP contribution in [0.15, 0.2) is 36.0 Å². The molecule has 0 aliphatic rings. The van der Waals surface area contributed by atoms with Crippen molar-refractivity contribution in [2.45, 2.75) is 30.6 Å². The molecule has 0 aliphatic carbocycles. The molecule has 0 saturated carbocycles. The highest BCUT2D eigenvalue weighted by Gasteiger charge is 2.29. The molecule has 116 valence electrons. The predicted molar refractivity (Wildman–Crippen MR) is 75.6 cm³/mol. The zero-order chi connectivity index (χ0) is 15.7. The van der Waals surface area contributed by atoms with Crippen molar-refractivity contribution in [1.29, 1.82) is 0 Å². The van der Waals surface area contributed by atoms with Gasteiger partial charge >= 0.3 is 6.18 Å². The van der Waals surface area contributed by atoms with E-state index in [1.165, 1.54) is 11.8 Å². The van der Waals surface area contributed by atoms with E-state index in [4.69, 9.17) is 0 Å². The summed E-state index contributed by atoms with van der Waals surface area (Å²) < 4.78 is 40.2. The number of aryl methyl sites for hydroxylation is 1.